The number of nitrogens with zero attached hydrogens (tertiary/aromatic N) is 2. The van der Waals surface area contributed by atoms with Crippen molar-refractivity contribution in [3.63, 3.8) is 0 Å². The Kier molecular flexibility index (Phi) is 3.41. The normalized spacial score (nSPS) is 10.1. The third-order valence-electron chi connectivity index (χ3n) is 2.10. The van der Waals surface area contributed by atoms with Crippen molar-refractivity contribution in [2.24, 2.45) is 0 Å². The van der Waals surface area contributed by atoms with Crippen LogP contribution in [0.2, 0.25) is 0 Å². The summed E-state index contributed by atoms with van der Waals surface area (Å²) in [5.41, 5.74) is 1.37. The highest BCUT2D eigenvalue weighted by Gasteiger charge is 2.07. The molecule has 0 aliphatic heterocycles. The predicted molar refractivity (Wildman–Crippen MR) is 64.2 cm³/mol. The monoisotopic (exact) mass is 276 g/mol. The number of hydrogen-bond donors (Lipinski definition) is 0. The molecule has 0 aliphatic carbocycles. The van der Waals surface area contributed by atoms with E-state index in [0.717, 1.165) is 4.47 Å². The van der Waals surface area contributed by atoms with Crippen molar-refractivity contribution in [3.05, 3.63) is 58.6 Å². The van der Waals surface area contributed by atoms with Gasteiger partial charge in [0.2, 0.25) is 0 Å². The summed E-state index contributed by atoms with van der Waals surface area (Å²) in [7, 11) is 0. The van der Waals surface area contributed by atoms with Gasteiger partial charge in [0.05, 0.1) is 12.1 Å². The fourth-order valence-corrected chi connectivity index (χ4v) is 1.75. The van der Waals surface area contributed by atoms with E-state index in [9.17, 15) is 4.79 Å². The van der Waals surface area contributed by atoms with Crippen molar-refractivity contribution in [2.45, 2.75) is 6.42 Å². The van der Waals surface area contributed by atoms with Gasteiger partial charge in [-0.15, -0.1) is 0 Å². The molecule has 0 fully saturated rings. The summed E-state index contributed by atoms with van der Waals surface area (Å²) in [4.78, 5) is 19.9. The largest absolute Gasteiger partial charge is 0.294 e. The molecule has 0 saturated heterocycles. The standard InChI is InChI=1S/C12H9BrN2O/c13-10-3-1-2-9(6-10)12(16)7-11-8-14-4-5-15-11/h1-6,8H,7H2. The number of ketones is 1. The molecule has 0 spiro atoms. The highest BCUT2D eigenvalue weighted by atomic mass is 79.9. The van der Waals surface area contributed by atoms with Crippen LogP contribution in [0, 0.1) is 0 Å². The molecule has 0 bridgehead atoms. The third kappa shape index (κ3) is 2.73. The third-order valence-corrected chi connectivity index (χ3v) is 2.60. The van der Waals surface area contributed by atoms with Crippen molar-refractivity contribution < 1.29 is 4.79 Å². The summed E-state index contributed by atoms with van der Waals surface area (Å²) >= 11 is 3.34. The van der Waals surface area contributed by atoms with Crippen molar-refractivity contribution in [3.8, 4) is 0 Å². The zero-order valence-electron chi connectivity index (χ0n) is 8.43. The summed E-state index contributed by atoms with van der Waals surface area (Å²) in [6, 6.07) is 7.33. The van der Waals surface area contributed by atoms with E-state index in [1.165, 1.54) is 0 Å². The van der Waals surface area contributed by atoms with Gasteiger partial charge in [0, 0.05) is 28.6 Å². The number of rotatable bonds is 3. The SMILES string of the molecule is O=C(Cc1cnccn1)c1cccc(Br)c1. The Balaban J connectivity index is 2.15. The van der Waals surface area contributed by atoms with Gasteiger partial charge in [-0.2, -0.15) is 0 Å². The average Bonchev–Trinajstić information content (AvgIpc) is 2.30. The molecule has 2 rings (SSSR count). The summed E-state index contributed by atoms with van der Waals surface area (Å²) in [5, 5.41) is 0. The smallest absolute Gasteiger partial charge is 0.168 e. The first-order valence-corrected chi connectivity index (χ1v) is 5.58. The first-order valence-electron chi connectivity index (χ1n) is 4.79. The van der Waals surface area contributed by atoms with Gasteiger partial charge in [-0.3, -0.25) is 14.8 Å². The first-order chi connectivity index (χ1) is 7.75. The summed E-state index contributed by atoms with van der Waals surface area (Å²) < 4.78 is 0.900. The molecular weight excluding hydrogens is 268 g/mol. The molecule has 0 amide bonds. The first kappa shape index (κ1) is 11.0. The molecule has 0 atom stereocenters. The van der Waals surface area contributed by atoms with Crippen molar-refractivity contribution >= 4 is 21.7 Å². The van der Waals surface area contributed by atoms with Crippen LogP contribution >= 0.6 is 15.9 Å². The molecule has 0 radical (unpaired) electrons. The quantitative estimate of drug-likeness (QED) is 0.810. The van der Waals surface area contributed by atoms with Gasteiger partial charge in [-0.1, -0.05) is 28.1 Å². The maximum atomic E-state index is 11.9. The minimum absolute atomic E-state index is 0.0433. The van der Waals surface area contributed by atoms with Gasteiger partial charge in [0.1, 0.15) is 0 Å². The topological polar surface area (TPSA) is 42.9 Å². The zero-order valence-corrected chi connectivity index (χ0v) is 10.0. The second-order valence-corrected chi connectivity index (χ2v) is 4.22. The van der Waals surface area contributed by atoms with Gasteiger partial charge in [0.25, 0.3) is 0 Å². The van der Waals surface area contributed by atoms with Crippen LogP contribution in [-0.4, -0.2) is 15.8 Å². The van der Waals surface area contributed by atoms with Crippen LogP contribution < -0.4 is 0 Å². The number of benzene rings is 1. The van der Waals surface area contributed by atoms with Crippen LogP contribution in [0.4, 0.5) is 0 Å². The average molecular weight is 277 g/mol. The lowest BCUT2D eigenvalue weighted by atomic mass is 10.1. The van der Waals surface area contributed by atoms with Crippen LogP contribution in [0.25, 0.3) is 0 Å². The van der Waals surface area contributed by atoms with Crippen molar-refractivity contribution in [1.82, 2.24) is 9.97 Å². The number of halogens is 1. The van der Waals surface area contributed by atoms with Crippen LogP contribution in [-0.2, 0) is 6.42 Å². The highest BCUT2D eigenvalue weighted by molar-refractivity contribution is 9.10. The van der Waals surface area contributed by atoms with Crippen molar-refractivity contribution in [2.75, 3.05) is 0 Å². The Morgan fingerprint density at radius 1 is 1.31 bits per heavy atom. The second kappa shape index (κ2) is 4.99. The second-order valence-electron chi connectivity index (χ2n) is 3.31. The Bertz CT molecular complexity index is 499. The molecule has 4 heteroatoms. The van der Waals surface area contributed by atoms with E-state index in [1.54, 1.807) is 30.7 Å². The van der Waals surface area contributed by atoms with Crippen LogP contribution in [0.15, 0.2) is 47.3 Å². The minimum atomic E-state index is 0.0433. The van der Waals surface area contributed by atoms with Gasteiger partial charge in [0.15, 0.2) is 5.78 Å². The minimum Gasteiger partial charge on any atom is -0.294 e. The number of carbonyl (C=O) groups is 1. The molecule has 0 aliphatic rings. The Morgan fingerprint density at radius 2 is 2.19 bits per heavy atom. The predicted octanol–water partition coefficient (Wildman–Crippen LogP) is 2.66. The van der Waals surface area contributed by atoms with Crippen LogP contribution in [0.5, 0.6) is 0 Å². The van der Waals surface area contributed by atoms with E-state index >= 15 is 0 Å². The molecule has 0 N–H and O–H groups in total. The molecule has 1 aromatic heterocycles. The Morgan fingerprint density at radius 3 is 2.88 bits per heavy atom. The molecular formula is C12H9BrN2O. The van der Waals surface area contributed by atoms with Crippen LogP contribution in [0.1, 0.15) is 16.1 Å². The van der Waals surface area contributed by atoms with E-state index < -0.39 is 0 Å². The lowest BCUT2D eigenvalue weighted by Gasteiger charge is -2.00. The summed E-state index contributed by atoms with van der Waals surface area (Å²) in [6.07, 6.45) is 5.07. The van der Waals surface area contributed by atoms with Gasteiger partial charge in [-0.05, 0) is 12.1 Å². The number of Topliss-reactive ketones (excluding diaryl/α,β-unsaturated/α-hetero) is 1. The molecule has 80 valence electrons. The van der Waals surface area contributed by atoms with Crippen LogP contribution in [0.3, 0.4) is 0 Å². The molecule has 1 aromatic carbocycles. The zero-order chi connectivity index (χ0) is 11.4. The van der Waals surface area contributed by atoms with E-state index in [2.05, 4.69) is 25.9 Å². The lowest BCUT2D eigenvalue weighted by molar-refractivity contribution is 0.0992. The van der Waals surface area contributed by atoms with Crippen molar-refractivity contribution in [1.29, 1.82) is 0 Å². The molecule has 16 heavy (non-hydrogen) atoms. The maximum Gasteiger partial charge on any atom is 0.168 e. The maximum absolute atomic E-state index is 11.9. The summed E-state index contributed by atoms with van der Waals surface area (Å²) in [6.45, 7) is 0. The number of aromatic nitrogens is 2. The van der Waals surface area contributed by atoms with E-state index in [-0.39, 0.29) is 12.2 Å². The Labute approximate surface area is 102 Å². The fraction of sp³-hybridized carbons (Fsp3) is 0.0833. The highest BCUT2D eigenvalue weighted by Crippen LogP contribution is 2.13. The molecule has 2 aromatic rings. The Hall–Kier alpha value is -1.55. The van der Waals surface area contributed by atoms with E-state index in [4.69, 9.17) is 0 Å². The van der Waals surface area contributed by atoms with Gasteiger partial charge in [-0.25, -0.2) is 0 Å². The van der Waals surface area contributed by atoms with Gasteiger partial charge >= 0.3 is 0 Å². The summed E-state index contributed by atoms with van der Waals surface area (Å²) in [5.74, 6) is 0.0433. The molecule has 3 nitrogen and oxygen atoms in total. The fourth-order valence-electron chi connectivity index (χ4n) is 1.35. The molecule has 1 heterocycles. The van der Waals surface area contributed by atoms with E-state index in [1.807, 2.05) is 12.1 Å². The number of carbonyl (C=O) groups excluding carboxylic acids is 1. The lowest BCUT2D eigenvalue weighted by Crippen LogP contribution is -2.05. The molecule has 0 unspecified atom stereocenters. The van der Waals surface area contributed by atoms with Gasteiger partial charge < -0.3 is 0 Å². The molecule has 0 saturated carbocycles. The van der Waals surface area contributed by atoms with E-state index in [0.29, 0.717) is 11.3 Å². The number of hydrogen-bond acceptors (Lipinski definition) is 3.